The van der Waals surface area contributed by atoms with Crippen LogP contribution >= 0.6 is 11.6 Å². The highest BCUT2D eigenvalue weighted by molar-refractivity contribution is 6.32. The van der Waals surface area contributed by atoms with Gasteiger partial charge in [0.05, 0.1) is 17.0 Å². The van der Waals surface area contributed by atoms with Gasteiger partial charge in [0.2, 0.25) is 5.91 Å². The maximum absolute atomic E-state index is 12.2. The molecule has 144 valence electrons. The molecule has 7 nitrogen and oxygen atoms in total. The molecule has 0 fully saturated rings. The summed E-state index contributed by atoms with van der Waals surface area (Å²) in [4.78, 5) is 23.6. The fourth-order valence-electron chi connectivity index (χ4n) is 2.44. The van der Waals surface area contributed by atoms with Gasteiger partial charge in [0.1, 0.15) is 19.3 Å². The maximum atomic E-state index is 12.2. The highest BCUT2D eigenvalue weighted by atomic mass is 35.5. The second-order valence-electron chi connectivity index (χ2n) is 6.99. The molecular formula is C18H24ClNO6. The number of carboxylic acid groups (broad SMARTS) is 1. The number of nitrogens with one attached hydrogen (secondary N) is 1. The zero-order chi connectivity index (χ0) is 19.3. The molecule has 1 amide bonds. The topological polar surface area (TPSA) is 94.1 Å². The predicted molar refractivity (Wildman–Crippen MR) is 96.0 cm³/mol. The molecule has 1 aliphatic rings. The van der Waals surface area contributed by atoms with Crippen LogP contribution in [-0.4, -0.2) is 48.4 Å². The van der Waals surface area contributed by atoms with Crippen molar-refractivity contribution >= 4 is 23.5 Å². The molecule has 26 heavy (non-hydrogen) atoms. The van der Waals surface area contributed by atoms with Gasteiger partial charge in [-0.2, -0.15) is 0 Å². The SMILES string of the molecule is CC(C)(C)OCCC(NC(=O)Cc1cc(Cl)c2c(c1)OCCO2)C(=O)O. The Balaban J connectivity index is 1.95. The Morgan fingerprint density at radius 1 is 1.31 bits per heavy atom. The molecule has 0 radical (unpaired) electrons. The number of hydrogen-bond acceptors (Lipinski definition) is 5. The number of carboxylic acids is 1. The van der Waals surface area contributed by atoms with Gasteiger partial charge in [-0.3, -0.25) is 4.79 Å². The van der Waals surface area contributed by atoms with Crippen molar-refractivity contribution in [2.24, 2.45) is 0 Å². The van der Waals surface area contributed by atoms with Crippen LogP contribution in [0.15, 0.2) is 12.1 Å². The van der Waals surface area contributed by atoms with Crippen LogP contribution in [0.4, 0.5) is 0 Å². The van der Waals surface area contributed by atoms with Gasteiger partial charge in [0.15, 0.2) is 11.5 Å². The number of rotatable bonds is 7. The Bertz CT molecular complexity index is 670. The van der Waals surface area contributed by atoms with Crippen molar-refractivity contribution in [1.82, 2.24) is 5.32 Å². The van der Waals surface area contributed by atoms with E-state index in [4.69, 9.17) is 25.8 Å². The lowest BCUT2D eigenvalue weighted by molar-refractivity contribution is -0.142. The highest BCUT2D eigenvalue weighted by Gasteiger charge is 2.22. The average Bonchev–Trinajstić information content (AvgIpc) is 2.52. The molecule has 0 saturated carbocycles. The third-order valence-corrected chi connectivity index (χ3v) is 3.88. The zero-order valence-electron chi connectivity index (χ0n) is 15.1. The van der Waals surface area contributed by atoms with Crippen LogP contribution in [0.2, 0.25) is 5.02 Å². The standard InChI is InChI=1S/C18H24ClNO6/c1-18(2,3)26-5-4-13(17(22)23)20-15(21)10-11-8-12(19)16-14(9-11)24-6-7-25-16/h8-9,13H,4-7,10H2,1-3H3,(H,20,21)(H,22,23). The normalized spacial score (nSPS) is 14.6. The number of hydrogen-bond donors (Lipinski definition) is 2. The molecule has 8 heteroatoms. The van der Waals surface area contributed by atoms with Crippen molar-refractivity contribution < 1.29 is 28.9 Å². The largest absolute Gasteiger partial charge is 0.486 e. The number of ether oxygens (including phenoxy) is 3. The van der Waals surface area contributed by atoms with E-state index in [9.17, 15) is 14.7 Å². The van der Waals surface area contributed by atoms with Crippen LogP contribution in [0, 0.1) is 0 Å². The first kappa shape index (κ1) is 20.3. The first-order valence-electron chi connectivity index (χ1n) is 8.40. The van der Waals surface area contributed by atoms with E-state index >= 15 is 0 Å². The van der Waals surface area contributed by atoms with E-state index in [1.165, 1.54) is 0 Å². The van der Waals surface area contributed by atoms with Gasteiger partial charge in [-0.25, -0.2) is 4.79 Å². The summed E-state index contributed by atoms with van der Waals surface area (Å²) >= 11 is 6.15. The molecule has 1 unspecified atom stereocenters. The molecule has 2 rings (SSSR count). The Kier molecular flexibility index (Phi) is 6.72. The number of amides is 1. The smallest absolute Gasteiger partial charge is 0.326 e. The first-order chi connectivity index (χ1) is 12.2. The summed E-state index contributed by atoms with van der Waals surface area (Å²) in [6.07, 6.45) is 0.167. The van der Waals surface area contributed by atoms with Crippen LogP contribution in [0.3, 0.4) is 0 Å². The first-order valence-corrected chi connectivity index (χ1v) is 8.77. The number of fused-ring (bicyclic) bond motifs is 1. The van der Waals surface area contributed by atoms with Gasteiger partial charge < -0.3 is 24.6 Å². The van der Waals surface area contributed by atoms with Gasteiger partial charge in [-0.05, 0) is 38.5 Å². The summed E-state index contributed by atoms with van der Waals surface area (Å²) in [6.45, 7) is 6.71. The minimum atomic E-state index is -1.10. The minimum Gasteiger partial charge on any atom is -0.486 e. The third kappa shape index (κ3) is 6.07. The number of carbonyl (C=O) groups is 2. The van der Waals surface area contributed by atoms with Crippen molar-refractivity contribution in [3.05, 3.63) is 22.7 Å². The van der Waals surface area contributed by atoms with Gasteiger partial charge in [-0.15, -0.1) is 0 Å². The molecular weight excluding hydrogens is 362 g/mol. The van der Waals surface area contributed by atoms with E-state index in [2.05, 4.69) is 5.32 Å². The lowest BCUT2D eigenvalue weighted by atomic mass is 10.1. The molecule has 0 bridgehead atoms. The zero-order valence-corrected chi connectivity index (χ0v) is 15.9. The monoisotopic (exact) mass is 385 g/mol. The second-order valence-corrected chi connectivity index (χ2v) is 7.39. The fraction of sp³-hybridized carbons (Fsp3) is 0.556. The number of halogens is 1. The van der Waals surface area contributed by atoms with Crippen LogP contribution in [0.1, 0.15) is 32.8 Å². The van der Waals surface area contributed by atoms with Crippen LogP contribution < -0.4 is 14.8 Å². The predicted octanol–water partition coefficient (Wildman–Crippen LogP) is 2.43. The lowest BCUT2D eigenvalue weighted by Gasteiger charge is -2.22. The lowest BCUT2D eigenvalue weighted by Crippen LogP contribution is -2.42. The molecule has 0 spiro atoms. The molecule has 1 aromatic carbocycles. The molecule has 0 aliphatic carbocycles. The van der Waals surface area contributed by atoms with Crippen molar-refractivity contribution in [3.8, 4) is 11.5 Å². The molecule has 0 saturated heterocycles. The van der Waals surface area contributed by atoms with E-state index in [1.807, 2.05) is 20.8 Å². The summed E-state index contributed by atoms with van der Waals surface area (Å²) in [7, 11) is 0. The molecule has 1 aromatic rings. The van der Waals surface area contributed by atoms with Gasteiger partial charge in [0, 0.05) is 13.0 Å². The van der Waals surface area contributed by atoms with Crippen molar-refractivity contribution in [3.63, 3.8) is 0 Å². The van der Waals surface area contributed by atoms with Crippen molar-refractivity contribution in [2.75, 3.05) is 19.8 Å². The minimum absolute atomic E-state index is 0.0136. The van der Waals surface area contributed by atoms with E-state index < -0.39 is 17.9 Å². The number of benzene rings is 1. The van der Waals surface area contributed by atoms with Crippen LogP contribution in [0.5, 0.6) is 11.5 Å². The maximum Gasteiger partial charge on any atom is 0.326 e. The molecule has 1 aliphatic heterocycles. The van der Waals surface area contributed by atoms with Crippen LogP contribution in [-0.2, 0) is 20.7 Å². The summed E-state index contributed by atoms with van der Waals surface area (Å²) in [5.74, 6) is -0.568. The van der Waals surface area contributed by atoms with Crippen LogP contribution in [0.25, 0.3) is 0 Å². The molecule has 1 heterocycles. The Morgan fingerprint density at radius 2 is 2.00 bits per heavy atom. The summed E-state index contributed by atoms with van der Waals surface area (Å²) in [5, 5.41) is 12.2. The molecule has 1 atom stereocenters. The third-order valence-electron chi connectivity index (χ3n) is 3.60. The quantitative estimate of drug-likeness (QED) is 0.748. The Morgan fingerprint density at radius 3 is 2.65 bits per heavy atom. The van der Waals surface area contributed by atoms with Gasteiger partial charge >= 0.3 is 5.97 Å². The summed E-state index contributed by atoms with van der Waals surface area (Å²) in [5.41, 5.74) is 0.251. The number of carbonyl (C=O) groups excluding carboxylic acids is 1. The van der Waals surface area contributed by atoms with Crippen molar-refractivity contribution in [1.29, 1.82) is 0 Å². The van der Waals surface area contributed by atoms with Gasteiger partial charge in [0.25, 0.3) is 0 Å². The highest BCUT2D eigenvalue weighted by Crippen LogP contribution is 2.38. The Labute approximate surface area is 157 Å². The van der Waals surface area contributed by atoms with E-state index in [1.54, 1.807) is 12.1 Å². The Hall–Kier alpha value is -1.99. The van der Waals surface area contributed by atoms with E-state index in [0.717, 1.165) is 0 Å². The second kappa shape index (κ2) is 8.60. The summed E-state index contributed by atoms with van der Waals surface area (Å²) in [6, 6.07) is 2.28. The van der Waals surface area contributed by atoms with Gasteiger partial charge in [-0.1, -0.05) is 11.6 Å². The fourth-order valence-corrected chi connectivity index (χ4v) is 2.73. The molecule has 2 N–H and O–H groups in total. The van der Waals surface area contributed by atoms with E-state index in [-0.39, 0.29) is 25.0 Å². The molecule has 0 aromatic heterocycles. The summed E-state index contributed by atoms with van der Waals surface area (Å²) < 4.78 is 16.4. The number of aliphatic carboxylic acids is 1. The van der Waals surface area contributed by atoms with E-state index in [0.29, 0.717) is 35.3 Å². The average molecular weight is 386 g/mol. The van der Waals surface area contributed by atoms with Crippen molar-refractivity contribution in [2.45, 2.75) is 45.3 Å².